The molecule has 2 N–H and O–H groups in total. The molecule has 0 aliphatic carbocycles. The Labute approximate surface area is 207 Å². The molecule has 2 saturated heterocycles. The quantitative estimate of drug-likeness (QED) is 0.294. The van der Waals surface area contributed by atoms with Gasteiger partial charge >= 0.3 is 11.9 Å². The molecule has 2 heterocycles. The number of carbonyl (C=O) groups is 2. The van der Waals surface area contributed by atoms with Crippen molar-refractivity contribution < 1.29 is 53.0 Å². The fraction of sp³-hybridized carbons (Fsp3) is 0.917. The van der Waals surface area contributed by atoms with Gasteiger partial charge in [-0.1, -0.05) is 13.8 Å². The van der Waals surface area contributed by atoms with Crippen molar-refractivity contribution in [3.8, 4) is 0 Å². The zero-order valence-corrected chi connectivity index (χ0v) is 21.4. The topological polar surface area (TPSA) is 139 Å². The first-order chi connectivity index (χ1) is 16.6. The maximum Gasteiger partial charge on any atom is 0.305 e. The molecule has 204 valence electrons. The third kappa shape index (κ3) is 9.56. The average Bonchev–Trinajstić information content (AvgIpc) is 3.43. The summed E-state index contributed by atoms with van der Waals surface area (Å²) in [5.74, 6) is -2.76. The normalized spacial score (nSPS) is 30.2. The van der Waals surface area contributed by atoms with Crippen molar-refractivity contribution in [3.63, 3.8) is 0 Å². The zero-order chi connectivity index (χ0) is 25.9. The first-order valence-corrected chi connectivity index (χ1v) is 12.5. The van der Waals surface area contributed by atoms with Crippen LogP contribution in [0.4, 0.5) is 0 Å². The van der Waals surface area contributed by atoms with Crippen LogP contribution in [0.3, 0.4) is 0 Å². The number of aliphatic hydroxyl groups excluding tert-OH is 2. The molecule has 2 rings (SSSR count). The molecule has 6 unspecified atom stereocenters. The van der Waals surface area contributed by atoms with E-state index >= 15 is 0 Å². The molecule has 35 heavy (non-hydrogen) atoms. The van der Waals surface area contributed by atoms with Gasteiger partial charge in [-0.2, -0.15) is 0 Å². The summed E-state index contributed by atoms with van der Waals surface area (Å²) in [6, 6.07) is 0. The lowest BCUT2D eigenvalue weighted by Gasteiger charge is -2.32. The molecule has 0 bridgehead atoms. The summed E-state index contributed by atoms with van der Waals surface area (Å²) >= 11 is 0. The number of carbonyl (C=O) groups excluding carboxylic acids is 2. The lowest BCUT2D eigenvalue weighted by molar-refractivity contribution is -0.207. The second kappa shape index (κ2) is 14.4. The van der Waals surface area contributed by atoms with Crippen molar-refractivity contribution >= 4 is 11.9 Å². The van der Waals surface area contributed by atoms with Gasteiger partial charge in [-0.25, -0.2) is 0 Å². The summed E-state index contributed by atoms with van der Waals surface area (Å²) in [7, 11) is 0. The summed E-state index contributed by atoms with van der Waals surface area (Å²) in [4.78, 5) is 23.7. The highest BCUT2D eigenvalue weighted by molar-refractivity contribution is 5.69. The maximum atomic E-state index is 11.9. The Bertz CT molecular complexity index is 659. The summed E-state index contributed by atoms with van der Waals surface area (Å²) in [5, 5.41) is 20.4. The minimum absolute atomic E-state index is 0.0181. The minimum atomic E-state index is -1.15. The molecule has 0 amide bonds. The van der Waals surface area contributed by atoms with Gasteiger partial charge in [0.15, 0.2) is 11.6 Å². The van der Waals surface area contributed by atoms with E-state index in [1.165, 1.54) is 0 Å². The number of aliphatic hydroxyl groups is 2. The van der Waals surface area contributed by atoms with Crippen molar-refractivity contribution in [2.45, 2.75) is 102 Å². The fourth-order valence-corrected chi connectivity index (χ4v) is 3.95. The zero-order valence-electron chi connectivity index (χ0n) is 21.4. The van der Waals surface area contributed by atoms with E-state index in [0.29, 0.717) is 13.2 Å². The van der Waals surface area contributed by atoms with Crippen LogP contribution in [0, 0.1) is 0 Å². The molecular weight excluding hydrogens is 464 g/mol. The number of hydrogen-bond acceptors (Lipinski definition) is 11. The Morgan fingerprint density at radius 2 is 1.37 bits per heavy atom. The van der Waals surface area contributed by atoms with Crippen molar-refractivity contribution in [2.24, 2.45) is 0 Å². The Balaban J connectivity index is 1.93. The molecule has 2 aliphatic rings. The first kappa shape index (κ1) is 29.9. The Morgan fingerprint density at radius 3 is 1.86 bits per heavy atom. The van der Waals surface area contributed by atoms with E-state index in [0.717, 1.165) is 12.8 Å². The largest absolute Gasteiger partial charge is 0.466 e. The van der Waals surface area contributed by atoms with Crippen LogP contribution in [-0.4, -0.2) is 97.8 Å². The van der Waals surface area contributed by atoms with Gasteiger partial charge in [-0.3, -0.25) is 9.59 Å². The van der Waals surface area contributed by atoms with Gasteiger partial charge in [0.1, 0.15) is 24.4 Å². The average molecular weight is 507 g/mol. The summed E-state index contributed by atoms with van der Waals surface area (Å²) in [6.07, 6.45) is -1.12. The van der Waals surface area contributed by atoms with Gasteiger partial charge in [0, 0.05) is 12.8 Å². The lowest BCUT2D eigenvalue weighted by Crippen LogP contribution is -2.49. The lowest BCUT2D eigenvalue weighted by atomic mass is 10.0. The third-order valence-electron chi connectivity index (χ3n) is 5.89. The van der Waals surface area contributed by atoms with E-state index < -0.39 is 36.0 Å². The second-order valence-corrected chi connectivity index (χ2v) is 9.19. The number of esters is 2. The smallest absolute Gasteiger partial charge is 0.305 e. The van der Waals surface area contributed by atoms with Crippen molar-refractivity contribution in [1.82, 2.24) is 0 Å². The summed E-state index contributed by atoms with van der Waals surface area (Å²) in [6.45, 7) is 7.96. The fourth-order valence-electron chi connectivity index (χ4n) is 3.95. The van der Waals surface area contributed by atoms with E-state index in [1.54, 1.807) is 13.8 Å². The number of ether oxygens (including phenoxy) is 7. The van der Waals surface area contributed by atoms with Crippen LogP contribution in [0.5, 0.6) is 0 Å². The predicted molar refractivity (Wildman–Crippen MR) is 122 cm³/mol. The number of rotatable bonds is 16. The molecular formula is C24H42O11. The molecule has 11 nitrogen and oxygen atoms in total. The van der Waals surface area contributed by atoms with Crippen LogP contribution in [0.15, 0.2) is 0 Å². The van der Waals surface area contributed by atoms with E-state index in [2.05, 4.69) is 0 Å². The molecule has 0 aromatic rings. The van der Waals surface area contributed by atoms with Crippen LogP contribution >= 0.6 is 0 Å². The molecule has 0 radical (unpaired) electrons. The second-order valence-electron chi connectivity index (χ2n) is 9.19. The van der Waals surface area contributed by atoms with Crippen LogP contribution < -0.4 is 0 Å². The maximum absolute atomic E-state index is 11.9. The monoisotopic (exact) mass is 506 g/mol. The van der Waals surface area contributed by atoms with E-state index in [4.69, 9.17) is 33.2 Å². The van der Waals surface area contributed by atoms with Crippen LogP contribution in [-0.2, 0) is 42.7 Å². The highest BCUT2D eigenvalue weighted by Crippen LogP contribution is 2.35. The Hall–Kier alpha value is -1.34. The molecule has 0 aromatic heterocycles. The SMILES string of the molecule is CCCOC(=O)CCC1(C)OCC(C(O)C(OCCO)C2COC(C)(CCC(=O)OCCC)O2)O1. The van der Waals surface area contributed by atoms with Gasteiger partial charge in [0.2, 0.25) is 0 Å². The molecule has 2 fully saturated rings. The van der Waals surface area contributed by atoms with E-state index in [1.807, 2.05) is 13.8 Å². The first-order valence-electron chi connectivity index (χ1n) is 12.5. The van der Waals surface area contributed by atoms with Crippen LogP contribution in [0.1, 0.15) is 66.2 Å². The van der Waals surface area contributed by atoms with Gasteiger partial charge in [0.25, 0.3) is 0 Å². The third-order valence-corrected chi connectivity index (χ3v) is 5.89. The molecule has 11 heteroatoms. The van der Waals surface area contributed by atoms with Gasteiger partial charge in [0.05, 0.1) is 52.5 Å². The summed E-state index contributed by atoms with van der Waals surface area (Å²) in [5.41, 5.74) is 0. The van der Waals surface area contributed by atoms with E-state index in [-0.39, 0.29) is 64.0 Å². The van der Waals surface area contributed by atoms with Crippen molar-refractivity contribution in [2.75, 3.05) is 39.6 Å². The minimum Gasteiger partial charge on any atom is -0.466 e. The Morgan fingerprint density at radius 1 is 0.886 bits per heavy atom. The Kier molecular flexibility index (Phi) is 12.3. The molecule has 0 saturated carbocycles. The molecule has 0 aromatic carbocycles. The highest BCUT2D eigenvalue weighted by atomic mass is 16.8. The highest BCUT2D eigenvalue weighted by Gasteiger charge is 2.49. The van der Waals surface area contributed by atoms with Crippen LogP contribution in [0.25, 0.3) is 0 Å². The molecule has 6 atom stereocenters. The molecule has 0 spiro atoms. The van der Waals surface area contributed by atoms with E-state index in [9.17, 15) is 19.8 Å². The van der Waals surface area contributed by atoms with Gasteiger partial charge in [-0.15, -0.1) is 0 Å². The van der Waals surface area contributed by atoms with Crippen LogP contribution in [0.2, 0.25) is 0 Å². The van der Waals surface area contributed by atoms with Gasteiger partial charge in [-0.05, 0) is 26.7 Å². The van der Waals surface area contributed by atoms with Crippen molar-refractivity contribution in [1.29, 1.82) is 0 Å². The van der Waals surface area contributed by atoms with Crippen molar-refractivity contribution in [3.05, 3.63) is 0 Å². The summed E-state index contributed by atoms with van der Waals surface area (Å²) < 4.78 is 39.5. The number of hydrogen-bond donors (Lipinski definition) is 2. The predicted octanol–water partition coefficient (Wildman–Crippen LogP) is 1.45. The standard InChI is InChI=1S/C24H42O11/c1-5-12-29-19(26)7-9-23(3)32-15-17(34-23)21(28)22(31-14-11-25)18-16-33-24(4,35-18)10-8-20(27)30-13-6-2/h17-18,21-22,25,28H,5-16H2,1-4H3. The van der Waals surface area contributed by atoms with Gasteiger partial charge < -0.3 is 43.4 Å². The molecule has 2 aliphatic heterocycles.